The Bertz CT molecular complexity index is 1260. The highest BCUT2D eigenvalue weighted by Crippen LogP contribution is 2.48. The largest absolute Gasteiger partial charge is 0.255 e. The Morgan fingerprint density at radius 2 is 1.23 bits per heavy atom. The van der Waals surface area contributed by atoms with Gasteiger partial charge in [-0.15, -0.1) is 0 Å². The molecular weight excluding hydrogens is 392 g/mol. The molecule has 1 aliphatic heterocycles. The smallest absolute Gasteiger partial charge is 0.106 e. The van der Waals surface area contributed by atoms with Gasteiger partial charge in [0.25, 0.3) is 0 Å². The molecule has 3 heterocycles. The van der Waals surface area contributed by atoms with Crippen molar-refractivity contribution in [2.45, 2.75) is 13.1 Å². The molecule has 0 unspecified atom stereocenters. The van der Waals surface area contributed by atoms with Gasteiger partial charge in [-0.3, -0.25) is 9.97 Å². The zero-order valence-electron chi connectivity index (χ0n) is 17.8. The summed E-state index contributed by atoms with van der Waals surface area (Å²) in [6.45, 7) is 4.85. The van der Waals surface area contributed by atoms with Crippen LogP contribution >= 0.6 is 0 Å². The minimum atomic E-state index is -1.84. The van der Waals surface area contributed by atoms with E-state index in [0.717, 1.165) is 11.4 Å². The Morgan fingerprint density at radius 1 is 0.581 bits per heavy atom. The van der Waals surface area contributed by atoms with Gasteiger partial charge in [0.15, 0.2) is 0 Å². The van der Waals surface area contributed by atoms with Crippen LogP contribution in [0.5, 0.6) is 0 Å². The van der Waals surface area contributed by atoms with Gasteiger partial charge in [-0.25, -0.2) is 0 Å². The van der Waals surface area contributed by atoms with Crippen LogP contribution in [-0.4, -0.2) is 18.0 Å². The van der Waals surface area contributed by atoms with Crippen molar-refractivity contribution in [1.29, 1.82) is 0 Å². The number of hydrogen-bond acceptors (Lipinski definition) is 2. The van der Waals surface area contributed by atoms with E-state index >= 15 is 0 Å². The van der Waals surface area contributed by atoms with Crippen molar-refractivity contribution in [3.8, 4) is 11.4 Å². The maximum atomic E-state index is 4.79. The summed E-state index contributed by atoms with van der Waals surface area (Å²) in [4.78, 5) is 9.23. The van der Waals surface area contributed by atoms with Gasteiger partial charge in [0, 0.05) is 12.4 Å². The van der Waals surface area contributed by atoms with Crippen molar-refractivity contribution in [3.05, 3.63) is 126 Å². The number of aromatic nitrogens is 2. The van der Waals surface area contributed by atoms with E-state index in [0.29, 0.717) is 0 Å². The molecule has 150 valence electrons. The fourth-order valence-corrected chi connectivity index (χ4v) is 7.43. The van der Waals surface area contributed by atoms with Crippen LogP contribution in [0.1, 0.15) is 16.7 Å². The lowest BCUT2D eigenvalue weighted by atomic mass is 9.92. The molecule has 2 nitrogen and oxygen atoms in total. The molecule has 31 heavy (non-hydrogen) atoms. The maximum absolute atomic E-state index is 4.79. The Hall–Kier alpha value is -3.56. The molecule has 0 radical (unpaired) electrons. The minimum Gasteiger partial charge on any atom is -0.255 e. The number of nitrogens with zero attached hydrogens (tertiary/aromatic N) is 2. The summed E-state index contributed by atoms with van der Waals surface area (Å²) in [5.41, 5.74) is 10.8. The number of hydrogen-bond donors (Lipinski definition) is 0. The number of pyridine rings is 2. The maximum Gasteiger partial charge on any atom is 0.106 e. The van der Waals surface area contributed by atoms with Crippen LogP contribution in [0.25, 0.3) is 27.7 Å². The highest BCUT2D eigenvalue weighted by Gasteiger charge is 2.36. The van der Waals surface area contributed by atoms with Crippen LogP contribution in [-0.2, 0) is 0 Å². The third-order valence-electron chi connectivity index (χ3n) is 5.80. The molecule has 3 heteroatoms. The molecule has 0 amide bonds. The van der Waals surface area contributed by atoms with Gasteiger partial charge in [0.2, 0.25) is 0 Å². The van der Waals surface area contributed by atoms with E-state index < -0.39 is 8.07 Å². The third-order valence-corrected chi connectivity index (χ3v) is 8.63. The van der Waals surface area contributed by atoms with Gasteiger partial charge in [-0.1, -0.05) is 91.6 Å². The summed E-state index contributed by atoms with van der Waals surface area (Å²) in [7, 11) is -1.84. The fraction of sp³-hybridized carbons (Fsp3) is 0.0714. The van der Waals surface area contributed by atoms with Crippen molar-refractivity contribution in [1.82, 2.24) is 9.97 Å². The van der Waals surface area contributed by atoms with Crippen molar-refractivity contribution >= 4 is 24.4 Å². The minimum absolute atomic E-state index is 0.900. The fourth-order valence-electron chi connectivity index (χ4n) is 4.44. The van der Waals surface area contributed by atoms with Gasteiger partial charge in [0.1, 0.15) is 8.07 Å². The molecule has 5 rings (SSSR count). The van der Waals surface area contributed by atoms with Crippen LogP contribution in [0.3, 0.4) is 0 Å². The van der Waals surface area contributed by atoms with Gasteiger partial charge in [-0.2, -0.15) is 0 Å². The predicted molar refractivity (Wildman–Crippen MR) is 133 cm³/mol. The lowest BCUT2D eigenvalue weighted by Crippen LogP contribution is -2.23. The molecule has 0 N–H and O–H groups in total. The first kappa shape index (κ1) is 19.4. The van der Waals surface area contributed by atoms with E-state index in [-0.39, 0.29) is 0 Å². The van der Waals surface area contributed by atoms with E-state index in [2.05, 4.69) is 96.6 Å². The SMILES string of the molecule is C[Si]1(C)C=C(c2ccccc2)C(c2ccccc2)=C1c1ccc(-c2ccccn2)nc1. The highest BCUT2D eigenvalue weighted by molar-refractivity contribution is 7.02. The molecule has 1 aliphatic rings. The van der Waals surface area contributed by atoms with Crippen molar-refractivity contribution in [3.63, 3.8) is 0 Å². The number of rotatable bonds is 4. The van der Waals surface area contributed by atoms with Crippen LogP contribution < -0.4 is 0 Å². The summed E-state index contributed by atoms with van der Waals surface area (Å²) >= 11 is 0. The van der Waals surface area contributed by atoms with Crippen LogP contribution in [0.2, 0.25) is 13.1 Å². The summed E-state index contributed by atoms with van der Waals surface area (Å²) in [6.07, 6.45) is 3.84. The Kier molecular flexibility index (Phi) is 4.97. The molecule has 0 spiro atoms. The molecule has 0 aliphatic carbocycles. The number of benzene rings is 2. The standard InChI is InChI=1S/C28H24N2Si/c1-31(2)20-24(21-11-5-3-6-12-21)27(22-13-7-4-8-14-22)28(31)23-16-17-26(30-19-23)25-15-9-10-18-29-25/h3-20H,1-2H3. The monoisotopic (exact) mass is 416 g/mol. The quantitative estimate of drug-likeness (QED) is 0.337. The Morgan fingerprint density at radius 3 is 1.84 bits per heavy atom. The Balaban J connectivity index is 1.69. The van der Waals surface area contributed by atoms with Crippen LogP contribution in [0.4, 0.5) is 0 Å². The Labute approximate surface area is 184 Å². The summed E-state index contributed by atoms with van der Waals surface area (Å²) in [6, 6.07) is 31.7. The second-order valence-electron chi connectivity index (χ2n) is 8.41. The third kappa shape index (κ3) is 3.69. The van der Waals surface area contributed by atoms with E-state index in [1.54, 1.807) is 0 Å². The molecule has 2 aromatic carbocycles. The van der Waals surface area contributed by atoms with Crippen LogP contribution in [0.15, 0.2) is 109 Å². The molecular formula is C28H24N2Si. The first-order chi connectivity index (χ1) is 15.1. The number of allylic oxidation sites excluding steroid dienone is 2. The second-order valence-corrected chi connectivity index (χ2v) is 12.6. The predicted octanol–water partition coefficient (Wildman–Crippen LogP) is 6.94. The first-order valence-electron chi connectivity index (χ1n) is 10.6. The molecule has 0 saturated carbocycles. The topological polar surface area (TPSA) is 25.8 Å². The van der Waals surface area contributed by atoms with E-state index in [1.165, 1.54) is 33.0 Å². The summed E-state index contributed by atoms with van der Waals surface area (Å²) in [5, 5.41) is 1.44. The molecule has 0 saturated heterocycles. The van der Waals surface area contributed by atoms with E-state index in [9.17, 15) is 0 Å². The zero-order valence-corrected chi connectivity index (χ0v) is 18.8. The highest BCUT2D eigenvalue weighted by atomic mass is 28.3. The van der Waals surface area contributed by atoms with E-state index in [4.69, 9.17) is 4.98 Å². The summed E-state index contributed by atoms with van der Waals surface area (Å²) in [5.74, 6) is 0. The lowest BCUT2D eigenvalue weighted by molar-refractivity contribution is 1.24. The lowest BCUT2D eigenvalue weighted by Gasteiger charge is -2.21. The van der Waals surface area contributed by atoms with Crippen molar-refractivity contribution in [2.75, 3.05) is 0 Å². The summed E-state index contributed by atoms with van der Waals surface area (Å²) < 4.78 is 0. The molecule has 2 aromatic heterocycles. The van der Waals surface area contributed by atoms with Crippen LogP contribution in [0, 0.1) is 0 Å². The first-order valence-corrected chi connectivity index (χ1v) is 13.7. The molecule has 0 fully saturated rings. The van der Waals surface area contributed by atoms with Crippen molar-refractivity contribution in [2.24, 2.45) is 0 Å². The second kappa shape index (κ2) is 7.93. The van der Waals surface area contributed by atoms with Crippen molar-refractivity contribution < 1.29 is 0 Å². The van der Waals surface area contributed by atoms with Gasteiger partial charge < -0.3 is 0 Å². The molecule has 0 atom stereocenters. The average Bonchev–Trinajstić information content (AvgIpc) is 3.12. The average molecular weight is 417 g/mol. The normalized spacial score (nSPS) is 15.1. The molecule has 0 bridgehead atoms. The van der Waals surface area contributed by atoms with E-state index in [1.807, 2.05) is 30.6 Å². The van der Waals surface area contributed by atoms with Gasteiger partial charge >= 0.3 is 0 Å². The van der Waals surface area contributed by atoms with Gasteiger partial charge in [0.05, 0.1) is 11.4 Å². The molecule has 4 aromatic rings. The zero-order chi connectivity index (χ0) is 21.3. The van der Waals surface area contributed by atoms with Gasteiger partial charge in [-0.05, 0) is 51.2 Å².